The van der Waals surface area contributed by atoms with Gasteiger partial charge in [-0.25, -0.2) is 4.98 Å². The predicted molar refractivity (Wildman–Crippen MR) is 196 cm³/mol. The highest BCUT2D eigenvalue weighted by Gasteiger charge is 2.39. The van der Waals surface area contributed by atoms with Crippen LogP contribution in [0.1, 0.15) is 73.5 Å². The number of amides is 2. The van der Waals surface area contributed by atoms with Gasteiger partial charge in [0.25, 0.3) is 11.8 Å². The van der Waals surface area contributed by atoms with E-state index in [1.165, 1.54) is 5.69 Å². The number of hydrogen-bond acceptors (Lipinski definition) is 11. The number of nitrogens with two attached hydrogens (primary N) is 2. The third-order valence-corrected chi connectivity index (χ3v) is 10.4. The Morgan fingerprint density at radius 2 is 1.88 bits per heavy atom. The smallest absolute Gasteiger partial charge is 0.272 e. The Morgan fingerprint density at radius 1 is 1.12 bits per heavy atom. The number of β-amino-alcohol motifs (C(OH)–C–C–N with tert-alkyl or cyclic N) is 1. The average Bonchev–Trinajstić information content (AvgIpc) is 3.69. The highest BCUT2D eigenvalue weighted by molar-refractivity contribution is 5.96. The number of benzene rings is 1. The number of nitrogens with one attached hydrogen (secondary N) is 3. The molecule has 14 heteroatoms. The van der Waals surface area contributed by atoms with Crippen molar-refractivity contribution in [3.8, 4) is 11.1 Å². The summed E-state index contributed by atoms with van der Waals surface area (Å²) in [6, 6.07) is 12.1. The van der Waals surface area contributed by atoms with Crippen molar-refractivity contribution in [2.75, 3.05) is 50.5 Å². The van der Waals surface area contributed by atoms with Crippen molar-refractivity contribution in [1.82, 2.24) is 35.2 Å². The van der Waals surface area contributed by atoms with Crippen LogP contribution in [0.15, 0.2) is 65.9 Å². The van der Waals surface area contributed by atoms with Crippen molar-refractivity contribution in [2.45, 2.75) is 69.8 Å². The zero-order chi connectivity index (χ0) is 36.0. The Hall–Kier alpha value is -5.08. The molecule has 1 aromatic carbocycles. The Balaban J connectivity index is 1.10. The molecule has 2 atom stereocenters. The molecule has 2 saturated heterocycles. The van der Waals surface area contributed by atoms with Crippen molar-refractivity contribution >= 4 is 23.2 Å². The number of allylic oxidation sites excluding steroid dienone is 1. The fourth-order valence-electron chi connectivity index (χ4n) is 7.44. The number of hydrogen-bond donors (Lipinski definition) is 6. The number of aliphatic hydroxyl groups is 1. The van der Waals surface area contributed by atoms with Crippen molar-refractivity contribution < 1.29 is 14.7 Å². The van der Waals surface area contributed by atoms with Gasteiger partial charge in [-0.1, -0.05) is 25.1 Å². The van der Waals surface area contributed by atoms with Crippen molar-refractivity contribution in [2.24, 2.45) is 11.5 Å². The highest BCUT2D eigenvalue weighted by atomic mass is 16.3. The molecule has 3 aromatic rings. The number of para-hydroxylation sites is 1. The second kappa shape index (κ2) is 13.6. The summed E-state index contributed by atoms with van der Waals surface area (Å²) in [5, 5.41) is 24.6. The number of likely N-dealkylation sites (tertiary alicyclic amines) is 2. The fraction of sp³-hybridized carbons (Fsp3) is 0.459. The summed E-state index contributed by atoms with van der Waals surface area (Å²) >= 11 is 0. The van der Waals surface area contributed by atoms with Gasteiger partial charge in [0.15, 0.2) is 0 Å². The zero-order valence-electron chi connectivity index (χ0n) is 29.8. The van der Waals surface area contributed by atoms with Crippen LogP contribution in [-0.2, 0) is 11.3 Å². The lowest BCUT2D eigenvalue weighted by atomic mass is 9.91. The SMILES string of the molecule is CCC1c2c(cnn2C2CN(Cc3cccc(C(=O)N4CCC(C)(O)C4)n3)C2)-c2cccc(NC(/C=C(\N)NC)=C(/N)C(=O)NC3CC3)c2N1C. The van der Waals surface area contributed by atoms with E-state index in [1.807, 2.05) is 30.5 Å². The van der Waals surface area contributed by atoms with Gasteiger partial charge in [0.05, 0.1) is 58.2 Å². The molecule has 270 valence electrons. The van der Waals surface area contributed by atoms with Gasteiger partial charge in [-0.05, 0) is 50.8 Å². The number of pyridine rings is 1. The molecule has 8 N–H and O–H groups in total. The van der Waals surface area contributed by atoms with Crippen LogP contribution in [0.2, 0.25) is 0 Å². The summed E-state index contributed by atoms with van der Waals surface area (Å²) in [5.74, 6) is -0.0882. The second-order valence-electron chi connectivity index (χ2n) is 14.5. The van der Waals surface area contributed by atoms with Gasteiger partial charge >= 0.3 is 0 Å². The van der Waals surface area contributed by atoms with E-state index in [4.69, 9.17) is 21.5 Å². The normalized spacial score (nSPS) is 22.5. The Labute approximate surface area is 298 Å². The molecular weight excluding hydrogens is 646 g/mol. The lowest BCUT2D eigenvalue weighted by Crippen LogP contribution is -2.48. The molecule has 1 aliphatic carbocycles. The predicted octanol–water partition coefficient (Wildman–Crippen LogP) is 2.38. The number of anilines is 2. The van der Waals surface area contributed by atoms with Crippen LogP contribution in [0.3, 0.4) is 0 Å². The molecule has 3 fully saturated rings. The lowest BCUT2D eigenvalue weighted by molar-refractivity contribution is -0.117. The molecule has 1 saturated carbocycles. The van der Waals surface area contributed by atoms with Gasteiger partial charge in [0, 0.05) is 70.1 Å². The summed E-state index contributed by atoms with van der Waals surface area (Å²) < 4.78 is 2.19. The van der Waals surface area contributed by atoms with Crippen LogP contribution in [0, 0.1) is 0 Å². The van der Waals surface area contributed by atoms with E-state index in [2.05, 4.69) is 50.5 Å². The summed E-state index contributed by atoms with van der Waals surface area (Å²) in [6.07, 6.45) is 6.96. The van der Waals surface area contributed by atoms with E-state index in [0.717, 1.165) is 60.5 Å². The first-order chi connectivity index (χ1) is 24.5. The third-order valence-electron chi connectivity index (χ3n) is 10.4. The van der Waals surface area contributed by atoms with Crippen molar-refractivity contribution in [3.63, 3.8) is 0 Å². The van der Waals surface area contributed by atoms with E-state index in [-0.39, 0.29) is 35.6 Å². The van der Waals surface area contributed by atoms with Gasteiger partial charge in [-0.2, -0.15) is 5.10 Å². The van der Waals surface area contributed by atoms with Crippen LogP contribution >= 0.6 is 0 Å². The van der Waals surface area contributed by atoms with E-state index in [9.17, 15) is 14.7 Å². The maximum atomic E-state index is 13.1. The second-order valence-corrected chi connectivity index (χ2v) is 14.5. The van der Waals surface area contributed by atoms with Gasteiger partial charge in [0.1, 0.15) is 11.4 Å². The number of carbonyl (C=O) groups is 2. The van der Waals surface area contributed by atoms with Crippen molar-refractivity contribution in [3.05, 3.63) is 83.0 Å². The maximum absolute atomic E-state index is 13.1. The minimum absolute atomic E-state index is 0.0589. The van der Waals surface area contributed by atoms with Crippen LogP contribution in [0.25, 0.3) is 11.1 Å². The Bertz CT molecular complexity index is 1890. The third kappa shape index (κ3) is 6.85. The Kier molecular flexibility index (Phi) is 9.14. The summed E-state index contributed by atoms with van der Waals surface area (Å²) in [5.41, 5.74) is 18.6. The molecule has 0 spiro atoms. The molecule has 0 radical (unpaired) electrons. The standard InChI is InChI=1S/C37H49N11O3/c1-5-30-34-26(25-9-7-10-27(33(25)45(30)4)44-29(16-31(38)40-3)32(39)35(49)43-22-12-13-22)17-41-48(34)24-19-46(20-24)18-23-8-6-11-28(42-23)36(50)47-15-14-37(2,51)21-47/h6-11,16-17,22,24,30,40,44,51H,5,12-15,18-21,38-39H2,1-4H3,(H,43,49)/b31-16+,32-29+. The first-order valence-electron chi connectivity index (χ1n) is 17.8. The number of carbonyl (C=O) groups excluding carboxylic acids is 2. The maximum Gasteiger partial charge on any atom is 0.272 e. The molecule has 2 amide bonds. The summed E-state index contributed by atoms with van der Waals surface area (Å²) in [4.78, 5) is 37.0. The molecule has 0 bridgehead atoms. The monoisotopic (exact) mass is 695 g/mol. The van der Waals surface area contributed by atoms with Gasteiger partial charge in [-0.15, -0.1) is 0 Å². The molecule has 3 aliphatic heterocycles. The molecule has 5 heterocycles. The van der Waals surface area contributed by atoms with Crippen LogP contribution < -0.4 is 32.3 Å². The molecule has 2 aromatic heterocycles. The van der Waals surface area contributed by atoms with Gasteiger partial charge in [-0.3, -0.25) is 19.2 Å². The molecular formula is C37H49N11O3. The number of aromatic nitrogens is 3. The Morgan fingerprint density at radius 3 is 2.57 bits per heavy atom. The first-order valence-corrected chi connectivity index (χ1v) is 17.8. The first kappa shape index (κ1) is 34.4. The zero-order valence-corrected chi connectivity index (χ0v) is 29.8. The largest absolute Gasteiger partial charge is 0.393 e. The minimum Gasteiger partial charge on any atom is -0.393 e. The molecule has 2 unspecified atom stereocenters. The van der Waals surface area contributed by atoms with Crippen LogP contribution in [-0.4, -0.2) is 93.4 Å². The van der Waals surface area contributed by atoms with Crippen LogP contribution in [0.4, 0.5) is 11.4 Å². The topological polar surface area (TPSA) is 183 Å². The average molecular weight is 696 g/mol. The number of nitrogens with zero attached hydrogens (tertiary/aromatic N) is 6. The van der Waals surface area contributed by atoms with Gasteiger partial charge < -0.3 is 42.3 Å². The molecule has 51 heavy (non-hydrogen) atoms. The van der Waals surface area contributed by atoms with Crippen LogP contribution in [0.5, 0.6) is 0 Å². The summed E-state index contributed by atoms with van der Waals surface area (Å²) in [7, 11) is 3.81. The molecule has 7 rings (SSSR count). The number of rotatable bonds is 11. The van der Waals surface area contributed by atoms with E-state index in [1.54, 1.807) is 31.0 Å². The summed E-state index contributed by atoms with van der Waals surface area (Å²) in [6.45, 7) is 7.07. The lowest BCUT2D eigenvalue weighted by Gasteiger charge is -2.43. The quantitative estimate of drug-likeness (QED) is 0.128. The highest BCUT2D eigenvalue weighted by Crippen LogP contribution is 2.49. The fourth-order valence-corrected chi connectivity index (χ4v) is 7.44. The van der Waals surface area contributed by atoms with Gasteiger partial charge in [0.2, 0.25) is 0 Å². The van der Waals surface area contributed by atoms with Crippen molar-refractivity contribution in [1.29, 1.82) is 0 Å². The van der Waals surface area contributed by atoms with E-state index >= 15 is 0 Å². The molecule has 4 aliphatic rings. The van der Waals surface area contributed by atoms with E-state index in [0.29, 0.717) is 43.3 Å². The number of fused-ring (bicyclic) bond motifs is 3. The molecule has 14 nitrogen and oxygen atoms in total. The minimum atomic E-state index is -0.846. The van der Waals surface area contributed by atoms with E-state index < -0.39 is 5.60 Å².